The van der Waals surface area contributed by atoms with Gasteiger partial charge in [-0.2, -0.15) is 18.3 Å². The lowest BCUT2D eigenvalue weighted by Crippen LogP contribution is -2.29. The molecule has 0 aliphatic heterocycles. The second kappa shape index (κ2) is 5.03. The van der Waals surface area contributed by atoms with Gasteiger partial charge in [-0.05, 0) is 5.92 Å². The summed E-state index contributed by atoms with van der Waals surface area (Å²) in [4.78, 5) is 0. The number of nitrogens with zero attached hydrogens (tertiary/aromatic N) is 2. The molecule has 0 saturated heterocycles. The van der Waals surface area contributed by atoms with Gasteiger partial charge in [-0.15, -0.1) is 5.73 Å². The van der Waals surface area contributed by atoms with Crippen LogP contribution in [-0.4, -0.2) is 31.0 Å². The van der Waals surface area contributed by atoms with E-state index in [1.165, 1.54) is 14.1 Å². The van der Waals surface area contributed by atoms with Crippen LogP contribution >= 0.6 is 0 Å². The normalized spacial score (nSPS) is 12.7. The van der Waals surface area contributed by atoms with Gasteiger partial charge in [-0.3, -0.25) is 0 Å². The van der Waals surface area contributed by atoms with Crippen LogP contribution in [0.1, 0.15) is 13.8 Å². The molecule has 0 radical (unpaired) electrons. The summed E-state index contributed by atoms with van der Waals surface area (Å²) in [6.45, 7) is 6.55. The van der Waals surface area contributed by atoms with Crippen molar-refractivity contribution in [2.45, 2.75) is 20.0 Å². The number of hydrazone groups is 1. The third kappa shape index (κ3) is 4.21. The highest BCUT2D eigenvalue weighted by Gasteiger charge is 2.39. The van der Waals surface area contributed by atoms with Crippen LogP contribution < -0.4 is 0 Å². The van der Waals surface area contributed by atoms with Gasteiger partial charge in [0.2, 0.25) is 0 Å². The maximum absolute atomic E-state index is 12.6. The van der Waals surface area contributed by atoms with Crippen molar-refractivity contribution < 1.29 is 13.2 Å². The fourth-order valence-electron chi connectivity index (χ4n) is 1.02. The summed E-state index contributed by atoms with van der Waals surface area (Å²) in [7, 11) is 2.87. The predicted octanol–water partition coefficient (Wildman–Crippen LogP) is 2.83. The van der Waals surface area contributed by atoms with Crippen molar-refractivity contribution in [1.82, 2.24) is 5.01 Å². The Kier molecular flexibility index (Phi) is 4.62. The van der Waals surface area contributed by atoms with Gasteiger partial charge < -0.3 is 5.01 Å². The molecule has 0 aliphatic carbocycles. The molecule has 0 saturated carbocycles. The fraction of sp³-hybridized carbons (Fsp3) is 0.600. The lowest BCUT2D eigenvalue weighted by Gasteiger charge is -2.17. The summed E-state index contributed by atoms with van der Waals surface area (Å²) in [6.07, 6.45) is -4.48. The number of rotatable bonds is 3. The highest BCUT2D eigenvalue weighted by Crippen LogP contribution is 2.25. The van der Waals surface area contributed by atoms with Crippen LogP contribution in [0.4, 0.5) is 13.2 Å². The summed E-state index contributed by atoms with van der Waals surface area (Å²) in [5.74, 6) is -0.317. The van der Waals surface area contributed by atoms with Crippen LogP contribution in [0.3, 0.4) is 0 Å². The average Bonchev–Trinajstić information content (AvgIpc) is 2.00. The van der Waals surface area contributed by atoms with E-state index in [0.717, 1.165) is 5.01 Å². The Hall–Kier alpha value is -1.22. The topological polar surface area (TPSA) is 15.6 Å². The van der Waals surface area contributed by atoms with Crippen LogP contribution in [0.5, 0.6) is 0 Å². The number of hydrogen-bond donors (Lipinski definition) is 0. The summed E-state index contributed by atoms with van der Waals surface area (Å²) < 4.78 is 37.9. The van der Waals surface area contributed by atoms with Gasteiger partial charge in [0.25, 0.3) is 0 Å². The van der Waals surface area contributed by atoms with Crippen LogP contribution in [0.25, 0.3) is 0 Å². The molecule has 15 heavy (non-hydrogen) atoms. The van der Waals surface area contributed by atoms with Gasteiger partial charge in [0, 0.05) is 19.7 Å². The molecule has 0 aromatic carbocycles. The van der Waals surface area contributed by atoms with Crippen molar-refractivity contribution in [2.24, 2.45) is 11.0 Å². The number of hydrogen-bond acceptors (Lipinski definition) is 2. The van der Waals surface area contributed by atoms with E-state index in [1.807, 2.05) is 0 Å². The molecule has 0 aliphatic rings. The molecule has 0 rings (SSSR count). The van der Waals surface area contributed by atoms with Gasteiger partial charge >= 0.3 is 6.18 Å². The van der Waals surface area contributed by atoms with E-state index in [2.05, 4.69) is 17.4 Å². The molecular formula is C10H15F3N2. The van der Waals surface area contributed by atoms with Crippen molar-refractivity contribution >= 4 is 5.71 Å². The van der Waals surface area contributed by atoms with Crippen molar-refractivity contribution in [3.05, 3.63) is 17.9 Å². The van der Waals surface area contributed by atoms with Crippen LogP contribution in [0, 0.1) is 5.92 Å². The maximum Gasteiger partial charge on any atom is 0.436 e. The van der Waals surface area contributed by atoms with Gasteiger partial charge in [0.15, 0.2) is 5.71 Å². The zero-order valence-electron chi connectivity index (χ0n) is 9.31. The van der Waals surface area contributed by atoms with Gasteiger partial charge in [0.05, 0.1) is 0 Å². The zero-order valence-corrected chi connectivity index (χ0v) is 9.31. The van der Waals surface area contributed by atoms with E-state index in [9.17, 15) is 13.2 Å². The maximum atomic E-state index is 12.6. The lowest BCUT2D eigenvalue weighted by atomic mass is 9.99. The highest BCUT2D eigenvalue weighted by atomic mass is 19.4. The zero-order chi connectivity index (χ0) is 12.2. The van der Waals surface area contributed by atoms with Crippen molar-refractivity contribution in [1.29, 1.82) is 0 Å². The molecule has 0 bridgehead atoms. The standard InChI is InChI=1S/C10H15F3N2/c1-6-8(7(2)3)9(10(11,12)13)14-15(4)5/h7H,1H2,2-5H3/b14-9+. The van der Waals surface area contributed by atoms with Gasteiger partial charge in [-0.25, -0.2) is 0 Å². The number of allylic oxidation sites excluding steroid dienone is 1. The fourth-order valence-corrected chi connectivity index (χ4v) is 1.02. The second-order valence-electron chi connectivity index (χ2n) is 3.54. The predicted molar refractivity (Wildman–Crippen MR) is 54.7 cm³/mol. The molecule has 0 unspecified atom stereocenters. The number of alkyl halides is 3. The van der Waals surface area contributed by atoms with Crippen LogP contribution in [0.15, 0.2) is 23.0 Å². The van der Waals surface area contributed by atoms with Crippen molar-refractivity contribution in [3.63, 3.8) is 0 Å². The minimum absolute atomic E-state index is 0.0174. The SMILES string of the molecule is C=C=C(/C(=N\N(C)C)C(F)(F)F)C(C)C. The summed E-state index contributed by atoms with van der Waals surface area (Å²) >= 11 is 0. The quantitative estimate of drug-likeness (QED) is 0.405. The molecule has 0 aromatic rings. The lowest BCUT2D eigenvalue weighted by molar-refractivity contribution is -0.0597. The summed E-state index contributed by atoms with van der Waals surface area (Å²) in [6, 6.07) is 0. The Labute approximate surface area is 87.8 Å². The van der Waals surface area contributed by atoms with Crippen LogP contribution in [-0.2, 0) is 0 Å². The average molecular weight is 220 g/mol. The Morgan fingerprint density at radius 3 is 2.00 bits per heavy atom. The Bertz CT molecular complexity index is 294. The minimum atomic E-state index is -4.48. The molecule has 0 aromatic heterocycles. The first-order chi connectivity index (χ1) is 6.70. The molecule has 2 nitrogen and oxygen atoms in total. The Morgan fingerprint density at radius 1 is 1.33 bits per heavy atom. The highest BCUT2D eigenvalue weighted by molar-refractivity contribution is 6.04. The first-order valence-electron chi connectivity index (χ1n) is 4.43. The molecule has 0 spiro atoms. The largest absolute Gasteiger partial charge is 0.436 e. The van der Waals surface area contributed by atoms with E-state index in [4.69, 9.17) is 0 Å². The van der Waals surface area contributed by atoms with E-state index < -0.39 is 11.9 Å². The third-order valence-electron chi connectivity index (χ3n) is 1.59. The summed E-state index contributed by atoms with van der Waals surface area (Å²) in [5, 5.41) is 4.54. The first kappa shape index (κ1) is 13.8. The third-order valence-corrected chi connectivity index (χ3v) is 1.59. The molecular weight excluding hydrogens is 205 g/mol. The van der Waals surface area contributed by atoms with Crippen molar-refractivity contribution in [2.75, 3.05) is 14.1 Å². The molecule has 0 heterocycles. The van der Waals surface area contributed by atoms with E-state index in [1.54, 1.807) is 13.8 Å². The number of halogens is 3. The van der Waals surface area contributed by atoms with Crippen LogP contribution in [0.2, 0.25) is 0 Å². The molecule has 0 fully saturated rings. The van der Waals surface area contributed by atoms with Gasteiger partial charge in [0.1, 0.15) is 0 Å². The Morgan fingerprint density at radius 2 is 1.80 bits per heavy atom. The van der Waals surface area contributed by atoms with E-state index in [-0.39, 0.29) is 11.5 Å². The first-order valence-corrected chi connectivity index (χ1v) is 4.43. The van der Waals surface area contributed by atoms with E-state index >= 15 is 0 Å². The molecule has 86 valence electrons. The van der Waals surface area contributed by atoms with Crippen molar-refractivity contribution in [3.8, 4) is 0 Å². The van der Waals surface area contributed by atoms with E-state index in [0.29, 0.717) is 0 Å². The Balaban J connectivity index is 5.41. The summed E-state index contributed by atoms with van der Waals surface area (Å²) in [5.41, 5.74) is 1.35. The monoisotopic (exact) mass is 220 g/mol. The van der Waals surface area contributed by atoms with Gasteiger partial charge in [-0.1, -0.05) is 20.4 Å². The smallest absolute Gasteiger partial charge is 0.303 e. The molecule has 0 N–H and O–H groups in total. The second-order valence-corrected chi connectivity index (χ2v) is 3.54. The minimum Gasteiger partial charge on any atom is -0.303 e. The molecule has 0 amide bonds. The molecule has 0 atom stereocenters. The molecule has 5 heteroatoms.